The molecule has 0 radical (unpaired) electrons. The van der Waals surface area contributed by atoms with E-state index in [1.807, 2.05) is 63.2 Å². The molecule has 0 aliphatic carbocycles. The number of hydrogen-bond donors (Lipinski definition) is 1. The van der Waals surface area contributed by atoms with Gasteiger partial charge in [0.25, 0.3) is 5.91 Å². The van der Waals surface area contributed by atoms with Crippen LogP contribution in [0.4, 0.5) is 11.4 Å². The van der Waals surface area contributed by atoms with Crippen LogP contribution in [0, 0.1) is 26.7 Å². The number of nitrogens with one attached hydrogen (secondary N) is 1. The van der Waals surface area contributed by atoms with Crippen LogP contribution in [0.25, 0.3) is 0 Å². The molecule has 0 saturated carbocycles. The SMILES string of the molecule is Cc1ccc(C(C)C)c(Oc2ccc(N3C[C@@H](C(=O)OCC(=O)Nc4cc(C)c(Br)cc4C)CC3=O)cc2)c1. The van der Waals surface area contributed by atoms with Crippen LogP contribution in [-0.2, 0) is 19.1 Å². The standard InChI is InChI=1S/C31H33BrN2O5/c1-18(2)25-11-6-19(3)12-28(25)39-24-9-7-23(8-10-24)34-16-22(15-30(34)36)31(37)38-17-29(35)33-27-14-20(4)26(32)13-21(27)5/h6-14,18,22H,15-17H2,1-5H3,(H,33,35)/t22-/m0/s1. The quantitative estimate of drug-likeness (QED) is 0.290. The summed E-state index contributed by atoms with van der Waals surface area (Å²) in [6.45, 7) is 9.86. The topological polar surface area (TPSA) is 84.9 Å². The first-order valence-corrected chi connectivity index (χ1v) is 13.7. The number of anilines is 2. The number of aryl methyl sites for hydroxylation is 3. The van der Waals surface area contributed by atoms with Gasteiger partial charge in [-0.1, -0.05) is 41.9 Å². The molecule has 1 aliphatic heterocycles. The van der Waals surface area contributed by atoms with Crippen LogP contribution in [-0.4, -0.2) is 30.9 Å². The number of hydrogen-bond acceptors (Lipinski definition) is 5. The third kappa shape index (κ3) is 6.87. The van der Waals surface area contributed by atoms with Crippen LogP contribution in [0.2, 0.25) is 0 Å². The van der Waals surface area contributed by atoms with Crippen LogP contribution in [0.3, 0.4) is 0 Å². The summed E-state index contributed by atoms with van der Waals surface area (Å²) in [5.74, 6) is -0.0117. The third-order valence-corrected chi connectivity index (χ3v) is 7.61. The highest BCUT2D eigenvalue weighted by Gasteiger charge is 2.36. The predicted molar refractivity (Wildman–Crippen MR) is 155 cm³/mol. The van der Waals surface area contributed by atoms with Crippen molar-refractivity contribution in [2.75, 3.05) is 23.4 Å². The first-order valence-electron chi connectivity index (χ1n) is 12.9. The van der Waals surface area contributed by atoms with Gasteiger partial charge in [0.2, 0.25) is 5.91 Å². The van der Waals surface area contributed by atoms with E-state index in [0.29, 0.717) is 23.0 Å². The Bertz CT molecular complexity index is 1400. The second-order valence-electron chi connectivity index (χ2n) is 10.3. The van der Waals surface area contributed by atoms with Crippen molar-refractivity contribution in [1.29, 1.82) is 0 Å². The van der Waals surface area contributed by atoms with Crippen LogP contribution < -0.4 is 15.0 Å². The minimum absolute atomic E-state index is 0.0325. The molecule has 0 aromatic heterocycles. The molecule has 3 aromatic rings. The Hall–Kier alpha value is -3.65. The molecule has 2 amide bonds. The van der Waals surface area contributed by atoms with Crippen LogP contribution >= 0.6 is 15.9 Å². The molecule has 1 heterocycles. The minimum atomic E-state index is -0.640. The van der Waals surface area contributed by atoms with Crippen molar-refractivity contribution in [2.24, 2.45) is 5.92 Å². The molecule has 0 unspecified atom stereocenters. The Morgan fingerprint density at radius 2 is 1.74 bits per heavy atom. The van der Waals surface area contributed by atoms with Crippen LogP contribution in [0.5, 0.6) is 11.5 Å². The van der Waals surface area contributed by atoms with Crippen molar-refractivity contribution in [3.8, 4) is 11.5 Å². The molecule has 8 heteroatoms. The summed E-state index contributed by atoms with van der Waals surface area (Å²) >= 11 is 3.47. The van der Waals surface area contributed by atoms with E-state index in [-0.39, 0.29) is 18.9 Å². The van der Waals surface area contributed by atoms with Gasteiger partial charge in [-0.3, -0.25) is 14.4 Å². The Balaban J connectivity index is 1.33. The lowest BCUT2D eigenvalue weighted by molar-refractivity contribution is -0.151. The molecular formula is C31H33BrN2O5. The van der Waals surface area contributed by atoms with Crippen molar-refractivity contribution in [3.05, 3.63) is 81.3 Å². The van der Waals surface area contributed by atoms with Crippen molar-refractivity contribution in [1.82, 2.24) is 0 Å². The van der Waals surface area contributed by atoms with E-state index < -0.39 is 24.4 Å². The van der Waals surface area contributed by atoms with Gasteiger partial charge in [0.05, 0.1) is 5.92 Å². The molecular weight excluding hydrogens is 560 g/mol. The number of ether oxygens (including phenoxy) is 2. The summed E-state index contributed by atoms with van der Waals surface area (Å²) in [4.78, 5) is 39.3. The highest BCUT2D eigenvalue weighted by atomic mass is 79.9. The minimum Gasteiger partial charge on any atom is -0.457 e. The van der Waals surface area contributed by atoms with Gasteiger partial charge < -0.3 is 19.7 Å². The highest BCUT2D eigenvalue weighted by Crippen LogP contribution is 2.33. The smallest absolute Gasteiger partial charge is 0.311 e. The Morgan fingerprint density at radius 3 is 2.44 bits per heavy atom. The summed E-state index contributed by atoms with van der Waals surface area (Å²) in [6, 6.07) is 17.2. The zero-order valence-electron chi connectivity index (χ0n) is 22.8. The first kappa shape index (κ1) is 28.4. The molecule has 3 aromatic carbocycles. The van der Waals surface area contributed by atoms with Gasteiger partial charge in [0.15, 0.2) is 6.61 Å². The predicted octanol–water partition coefficient (Wildman–Crippen LogP) is 6.82. The van der Waals surface area contributed by atoms with Gasteiger partial charge in [-0.25, -0.2) is 0 Å². The Morgan fingerprint density at radius 1 is 1.03 bits per heavy atom. The van der Waals surface area contributed by atoms with Gasteiger partial charge in [-0.15, -0.1) is 0 Å². The lowest BCUT2D eigenvalue weighted by Gasteiger charge is -2.18. The monoisotopic (exact) mass is 592 g/mol. The van der Waals surface area contributed by atoms with Gasteiger partial charge in [0, 0.05) is 28.8 Å². The van der Waals surface area contributed by atoms with E-state index in [2.05, 4.69) is 47.2 Å². The lowest BCUT2D eigenvalue weighted by Crippen LogP contribution is -2.28. The average Bonchev–Trinajstić information content (AvgIpc) is 3.28. The fourth-order valence-electron chi connectivity index (χ4n) is 4.50. The van der Waals surface area contributed by atoms with Crippen molar-refractivity contribution < 1.29 is 23.9 Å². The van der Waals surface area contributed by atoms with Gasteiger partial charge in [0.1, 0.15) is 11.5 Å². The third-order valence-electron chi connectivity index (χ3n) is 6.75. The fourth-order valence-corrected chi connectivity index (χ4v) is 4.96. The summed E-state index contributed by atoms with van der Waals surface area (Å²) in [6.07, 6.45) is 0.0325. The van der Waals surface area contributed by atoms with Crippen molar-refractivity contribution in [2.45, 2.75) is 47.0 Å². The van der Waals surface area contributed by atoms with Crippen LogP contribution in [0.1, 0.15) is 48.4 Å². The summed E-state index contributed by atoms with van der Waals surface area (Å²) in [7, 11) is 0. The van der Waals surface area contributed by atoms with E-state index in [1.54, 1.807) is 4.90 Å². The molecule has 0 bridgehead atoms. The molecule has 1 N–H and O–H groups in total. The molecule has 1 saturated heterocycles. The average molecular weight is 594 g/mol. The zero-order valence-corrected chi connectivity index (χ0v) is 24.4. The summed E-state index contributed by atoms with van der Waals surface area (Å²) in [5, 5.41) is 2.78. The molecule has 0 spiro atoms. The maximum Gasteiger partial charge on any atom is 0.311 e. The summed E-state index contributed by atoms with van der Waals surface area (Å²) < 4.78 is 12.4. The van der Waals surface area contributed by atoms with Gasteiger partial charge in [-0.05, 0) is 91.4 Å². The first-order chi connectivity index (χ1) is 18.5. The number of halogens is 1. The number of esters is 1. The molecule has 4 rings (SSSR count). The largest absolute Gasteiger partial charge is 0.457 e. The number of amides is 2. The number of rotatable bonds is 8. The van der Waals surface area contributed by atoms with Gasteiger partial charge >= 0.3 is 5.97 Å². The number of benzene rings is 3. The maximum absolute atomic E-state index is 12.7. The van der Waals surface area contributed by atoms with E-state index in [4.69, 9.17) is 9.47 Å². The normalized spacial score (nSPS) is 15.0. The molecule has 1 fully saturated rings. The maximum atomic E-state index is 12.7. The highest BCUT2D eigenvalue weighted by molar-refractivity contribution is 9.10. The Kier molecular flexibility index (Phi) is 8.75. The molecule has 39 heavy (non-hydrogen) atoms. The molecule has 1 atom stereocenters. The van der Waals surface area contributed by atoms with E-state index >= 15 is 0 Å². The van der Waals surface area contributed by atoms with E-state index in [9.17, 15) is 14.4 Å². The second kappa shape index (κ2) is 12.0. The molecule has 204 valence electrons. The van der Waals surface area contributed by atoms with Crippen LogP contribution in [0.15, 0.2) is 59.1 Å². The van der Waals surface area contributed by atoms with E-state index in [0.717, 1.165) is 32.5 Å². The number of nitrogens with zero attached hydrogens (tertiary/aromatic N) is 1. The van der Waals surface area contributed by atoms with Gasteiger partial charge in [-0.2, -0.15) is 0 Å². The number of carbonyl (C=O) groups is 3. The number of carbonyl (C=O) groups excluding carboxylic acids is 3. The van der Waals surface area contributed by atoms with Crippen molar-refractivity contribution >= 4 is 45.1 Å². The second-order valence-corrected chi connectivity index (χ2v) is 11.1. The van der Waals surface area contributed by atoms with E-state index in [1.165, 1.54) is 0 Å². The molecule has 7 nitrogen and oxygen atoms in total. The summed E-state index contributed by atoms with van der Waals surface area (Å²) in [5.41, 5.74) is 5.44. The Labute approximate surface area is 237 Å². The lowest BCUT2D eigenvalue weighted by atomic mass is 10.0. The fraction of sp³-hybridized carbons (Fsp3) is 0.323. The molecule has 1 aliphatic rings. The van der Waals surface area contributed by atoms with Crippen molar-refractivity contribution in [3.63, 3.8) is 0 Å². The zero-order chi connectivity index (χ0) is 28.3.